The van der Waals surface area contributed by atoms with Gasteiger partial charge >= 0.3 is 11.7 Å². The number of aliphatic hydroxyl groups excluding tert-OH is 1. The lowest BCUT2D eigenvalue weighted by Gasteiger charge is -2.36. The summed E-state index contributed by atoms with van der Waals surface area (Å²) in [6.07, 6.45) is 9.67. The van der Waals surface area contributed by atoms with Crippen molar-refractivity contribution in [1.82, 2.24) is 0 Å². The van der Waals surface area contributed by atoms with Crippen molar-refractivity contribution in [1.29, 1.82) is 5.39 Å². The molecular formula is C21H37N2O3+. The maximum atomic E-state index is 12.4. The van der Waals surface area contributed by atoms with Crippen LogP contribution in [0.15, 0.2) is 11.5 Å². The Morgan fingerprint density at radius 3 is 2.46 bits per heavy atom. The molecule has 1 rings (SSSR count). The lowest BCUT2D eigenvalue weighted by Crippen LogP contribution is -2.36. The van der Waals surface area contributed by atoms with Gasteiger partial charge in [0, 0.05) is 6.42 Å². The Morgan fingerprint density at radius 1 is 1.19 bits per heavy atom. The van der Waals surface area contributed by atoms with E-state index in [4.69, 9.17) is 4.74 Å². The quantitative estimate of drug-likeness (QED) is 0.161. The molecule has 1 aliphatic rings. The number of diazo groups is 1. The van der Waals surface area contributed by atoms with Crippen LogP contribution in [0.2, 0.25) is 0 Å². The average Bonchev–Trinajstić information content (AvgIpc) is 2.58. The van der Waals surface area contributed by atoms with Gasteiger partial charge in [0.2, 0.25) is 5.39 Å². The van der Waals surface area contributed by atoms with Crippen LogP contribution in [0.4, 0.5) is 0 Å². The van der Waals surface area contributed by atoms with E-state index in [1.807, 2.05) is 0 Å². The fraction of sp³-hybridized carbons (Fsp3) is 0.857. The number of rotatable bonds is 10. The number of esters is 1. The van der Waals surface area contributed by atoms with Gasteiger partial charge in [0.1, 0.15) is 6.10 Å². The number of carbonyl (C=O) groups is 1. The molecule has 148 valence electrons. The Balaban J connectivity index is 2.61. The van der Waals surface area contributed by atoms with E-state index >= 15 is 0 Å². The molecule has 1 N–H and O–H groups in total. The molecule has 1 fully saturated rings. The summed E-state index contributed by atoms with van der Waals surface area (Å²) in [6.45, 7) is 8.63. The number of allylic oxidation sites excluding steroid dienone is 1. The van der Waals surface area contributed by atoms with Crippen LogP contribution in [-0.4, -0.2) is 17.2 Å². The minimum Gasteiger partial charge on any atom is -0.505 e. The summed E-state index contributed by atoms with van der Waals surface area (Å²) in [5, 5.41) is 19.4. The molecule has 0 aromatic carbocycles. The zero-order chi connectivity index (χ0) is 19.5. The highest BCUT2D eigenvalue weighted by atomic mass is 16.5. The Morgan fingerprint density at radius 2 is 1.85 bits per heavy atom. The predicted octanol–water partition coefficient (Wildman–Crippen LogP) is 6.36. The summed E-state index contributed by atoms with van der Waals surface area (Å²) < 4.78 is 5.66. The Bertz CT molecular complexity index is 508. The molecule has 1 aliphatic carbocycles. The maximum Gasteiger partial charge on any atom is 0.505 e. The zero-order valence-electron chi connectivity index (χ0n) is 17.0. The van der Waals surface area contributed by atoms with Crippen LogP contribution >= 0.6 is 0 Å². The SMILES string of the molecule is CCCCCCCC/C(O)=C(\[N+]#N)C(=O)O[C@H]1C[C@H](C)CC[C@H]1C(C)C. The second kappa shape index (κ2) is 11.9. The number of nitrogens with zero attached hydrogens (tertiary/aromatic N) is 2. The molecule has 5 heteroatoms. The third-order valence-corrected chi connectivity index (χ3v) is 5.55. The van der Waals surface area contributed by atoms with E-state index < -0.39 is 5.97 Å². The van der Waals surface area contributed by atoms with Gasteiger partial charge in [-0.2, -0.15) is 0 Å². The normalized spacial score (nSPS) is 24.1. The molecule has 0 radical (unpaired) electrons. The van der Waals surface area contributed by atoms with E-state index in [1.54, 1.807) is 0 Å². The molecule has 0 spiro atoms. The first kappa shape index (κ1) is 22.5. The van der Waals surface area contributed by atoms with Crippen molar-refractivity contribution in [3.8, 4) is 0 Å². The highest BCUT2D eigenvalue weighted by Gasteiger charge is 2.38. The molecular weight excluding hydrogens is 328 g/mol. The molecule has 0 heterocycles. The molecule has 0 unspecified atom stereocenters. The molecule has 0 amide bonds. The first-order valence-electron chi connectivity index (χ1n) is 10.4. The summed E-state index contributed by atoms with van der Waals surface area (Å²) in [6, 6.07) is 0. The van der Waals surface area contributed by atoms with E-state index in [2.05, 4.69) is 32.7 Å². The molecule has 0 saturated heterocycles. The van der Waals surface area contributed by atoms with Gasteiger partial charge in [-0.3, -0.25) is 0 Å². The van der Waals surface area contributed by atoms with Crippen LogP contribution in [0, 0.1) is 23.1 Å². The standard InChI is InChI=1S/C21H36N2O3/c1-5-6-7-8-9-10-11-18(24)20(23-22)21(25)26-19-14-16(4)12-13-17(19)15(2)3/h15-17,19H,5-14H2,1-4H3/p+1/t16-,17+,19+/m1/s1. The van der Waals surface area contributed by atoms with E-state index in [1.165, 1.54) is 19.3 Å². The van der Waals surface area contributed by atoms with Crippen molar-refractivity contribution in [2.45, 2.75) is 98.0 Å². The summed E-state index contributed by atoms with van der Waals surface area (Å²) in [5.41, 5.74) is -0.334. The summed E-state index contributed by atoms with van der Waals surface area (Å²) >= 11 is 0. The van der Waals surface area contributed by atoms with E-state index in [0.29, 0.717) is 24.2 Å². The van der Waals surface area contributed by atoms with Gasteiger partial charge in [-0.25, -0.2) is 4.79 Å². The van der Waals surface area contributed by atoms with Crippen molar-refractivity contribution in [2.24, 2.45) is 17.8 Å². The highest BCUT2D eigenvalue weighted by Crippen LogP contribution is 2.35. The van der Waals surface area contributed by atoms with Gasteiger partial charge in [-0.15, -0.1) is 0 Å². The zero-order valence-corrected chi connectivity index (χ0v) is 17.0. The lowest BCUT2D eigenvalue weighted by atomic mass is 9.75. The largest absolute Gasteiger partial charge is 0.505 e. The number of hydrogen-bond acceptors (Lipinski definition) is 4. The van der Waals surface area contributed by atoms with Crippen LogP contribution in [0.25, 0.3) is 4.98 Å². The van der Waals surface area contributed by atoms with Crippen LogP contribution < -0.4 is 0 Å². The maximum absolute atomic E-state index is 12.4. The van der Waals surface area contributed by atoms with Crippen molar-refractivity contribution < 1.29 is 14.6 Å². The highest BCUT2D eigenvalue weighted by molar-refractivity contribution is 5.90. The summed E-state index contributed by atoms with van der Waals surface area (Å²) in [5.74, 6) is 0.378. The van der Waals surface area contributed by atoms with Crippen LogP contribution in [0.3, 0.4) is 0 Å². The van der Waals surface area contributed by atoms with Crippen LogP contribution in [0.5, 0.6) is 0 Å². The van der Waals surface area contributed by atoms with Gasteiger partial charge in [-0.05, 0) is 37.0 Å². The number of hydrogen-bond donors (Lipinski definition) is 1. The van der Waals surface area contributed by atoms with Crippen molar-refractivity contribution >= 4 is 5.97 Å². The third kappa shape index (κ3) is 7.35. The smallest absolute Gasteiger partial charge is 0.505 e. The van der Waals surface area contributed by atoms with E-state index in [0.717, 1.165) is 38.5 Å². The molecule has 26 heavy (non-hydrogen) atoms. The number of carbonyl (C=O) groups excluding carboxylic acids is 1. The van der Waals surface area contributed by atoms with Crippen LogP contribution in [0.1, 0.15) is 91.9 Å². The number of aliphatic hydroxyl groups is 1. The Labute approximate surface area is 158 Å². The van der Waals surface area contributed by atoms with Crippen molar-refractivity contribution in [3.63, 3.8) is 0 Å². The van der Waals surface area contributed by atoms with Crippen molar-refractivity contribution in [2.75, 3.05) is 0 Å². The topological polar surface area (TPSA) is 74.7 Å². The minimum absolute atomic E-state index is 0.169. The molecule has 0 aromatic heterocycles. The average molecular weight is 366 g/mol. The first-order chi connectivity index (χ1) is 12.4. The van der Waals surface area contributed by atoms with Gasteiger partial charge in [-0.1, -0.05) is 66.2 Å². The fourth-order valence-corrected chi connectivity index (χ4v) is 3.85. The fourth-order valence-electron chi connectivity index (χ4n) is 3.85. The van der Waals surface area contributed by atoms with E-state index in [-0.39, 0.29) is 17.6 Å². The monoisotopic (exact) mass is 365 g/mol. The molecule has 3 atom stereocenters. The van der Waals surface area contributed by atoms with Gasteiger partial charge in [0.15, 0.2) is 10.7 Å². The second-order valence-corrected chi connectivity index (χ2v) is 8.18. The molecule has 0 aliphatic heterocycles. The summed E-state index contributed by atoms with van der Waals surface area (Å²) in [7, 11) is 0. The van der Waals surface area contributed by atoms with Gasteiger partial charge in [0.25, 0.3) is 0 Å². The van der Waals surface area contributed by atoms with Crippen LogP contribution in [-0.2, 0) is 9.53 Å². The summed E-state index contributed by atoms with van der Waals surface area (Å²) in [4.78, 5) is 15.5. The van der Waals surface area contributed by atoms with Gasteiger partial charge < -0.3 is 9.84 Å². The first-order valence-corrected chi connectivity index (χ1v) is 10.4. The van der Waals surface area contributed by atoms with Crippen molar-refractivity contribution in [3.05, 3.63) is 16.4 Å². The number of ether oxygens (including phenoxy) is 1. The third-order valence-electron chi connectivity index (χ3n) is 5.55. The Hall–Kier alpha value is -1.57. The van der Waals surface area contributed by atoms with E-state index in [9.17, 15) is 15.3 Å². The molecule has 1 saturated carbocycles. The lowest BCUT2D eigenvalue weighted by molar-refractivity contribution is -0.150. The number of unbranched alkanes of at least 4 members (excludes halogenated alkanes) is 5. The van der Waals surface area contributed by atoms with Gasteiger partial charge in [0.05, 0.1) is 0 Å². The molecule has 5 nitrogen and oxygen atoms in total. The molecule has 0 bridgehead atoms. The Kier molecular flexibility index (Phi) is 10.3. The minimum atomic E-state index is -0.708. The second-order valence-electron chi connectivity index (χ2n) is 8.18. The predicted molar refractivity (Wildman–Crippen MR) is 104 cm³/mol. The molecule has 0 aromatic rings.